The number of nitrogens with one attached hydrogen (secondary N) is 1. The number of hydrogen-bond donors (Lipinski definition) is 1. The lowest BCUT2D eigenvalue weighted by Gasteiger charge is -2.35. The summed E-state index contributed by atoms with van der Waals surface area (Å²) in [6.45, 7) is 2.30. The zero-order valence-electron chi connectivity index (χ0n) is 16.1. The van der Waals surface area contributed by atoms with Gasteiger partial charge in [-0.1, -0.05) is 30.3 Å². The molecule has 0 atom stereocenters. The lowest BCUT2D eigenvalue weighted by atomic mass is 10.1. The van der Waals surface area contributed by atoms with Crippen molar-refractivity contribution in [3.63, 3.8) is 0 Å². The molecule has 2 aromatic rings. The highest BCUT2D eigenvalue weighted by atomic mass is 19.4. The molecular weight excluding hydrogens is 401 g/mol. The number of rotatable bonds is 6. The number of nitro groups is 1. The molecule has 0 saturated carbocycles. The first kappa shape index (κ1) is 21.6. The van der Waals surface area contributed by atoms with E-state index in [1.165, 1.54) is 0 Å². The van der Waals surface area contributed by atoms with E-state index in [4.69, 9.17) is 0 Å². The van der Waals surface area contributed by atoms with Gasteiger partial charge >= 0.3 is 6.18 Å². The van der Waals surface area contributed by atoms with Crippen LogP contribution in [0.5, 0.6) is 0 Å². The summed E-state index contributed by atoms with van der Waals surface area (Å²) in [5.74, 6) is -0.132. The standard InChI is InChI=1S/C20H21F3N4O3/c21-20(22,23)16-6-7-17(18(12-16)27(29)30)26-10-8-25(9-11-26)14-19(28)24-13-15-4-2-1-3-5-15/h1-7,12H,8-11,13-14H2,(H,24,28). The molecule has 0 radical (unpaired) electrons. The number of anilines is 1. The van der Waals surface area contributed by atoms with Gasteiger partial charge in [0.25, 0.3) is 5.69 Å². The number of piperazine rings is 1. The van der Waals surface area contributed by atoms with E-state index in [0.717, 1.165) is 17.7 Å². The fraction of sp³-hybridized carbons (Fsp3) is 0.350. The van der Waals surface area contributed by atoms with Gasteiger partial charge in [-0.3, -0.25) is 19.8 Å². The Hall–Kier alpha value is -3.14. The highest BCUT2D eigenvalue weighted by molar-refractivity contribution is 5.78. The zero-order chi connectivity index (χ0) is 21.7. The van der Waals surface area contributed by atoms with E-state index in [-0.39, 0.29) is 18.1 Å². The van der Waals surface area contributed by atoms with E-state index < -0.39 is 22.4 Å². The van der Waals surface area contributed by atoms with E-state index >= 15 is 0 Å². The van der Waals surface area contributed by atoms with E-state index in [9.17, 15) is 28.1 Å². The summed E-state index contributed by atoms with van der Waals surface area (Å²) in [5.41, 5.74) is -0.475. The number of benzene rings is 2. The number of hydrogen-bond acceptors (Lipinski definition) is 5. The Kier molecular flexibility index (Phi) is 6.56. The van der Waals surface area contributed by atoms with Crippen LogP contribution in [0.1, 0.15) is 11.1 Å². The molecule has 0 aromatic heterocycles. The SMILES string of the molecule is O=C(CN1CCN(c2ccc(C(F)(F)F)cc2[N+](=O)[O-])CC1)NCc1ccccc1. The highest BCUT2D eigenvalue weighted by Crippen LogP contribution is 2.36. The molecule has 1 saturated heterocycles. The fourth-order valence-corrected chi connectivity index (χ4v) is 3.32. The molecule has 1 N–H and O–H groups in total. The van der Waals surface area contributed by atoms with Gasteiger partial charge in [0.1, 0.15) is 5.69 Å². The van der Waals surface area contributed by atoms with Gasteiger partial charge in [-0.15, -0.1) is 0 Å². The van der Waals surface area contributed by atoms with E-state index in [1.54, 1.807) is 4.90 Å². The van der Waals surface area contributed by atoms with E-state index in [1.807, 2.05) is 35.2 Å². The second-order valence-electron chi connectivity index (χ2n) is 6.98. The smallest absolute Gasteiger partial charge is 0.363 e. The van der Waals surface area contributed by atoms with E-state index in [0.29, 0.717) is 38.8 Å². The number of nitro benzene ring substituents is 1. The minimum atomic E-state index is -4.64. The fourth-order valence-electron chi connectivity index (χ4n) is 3.32. The lowest BCUT2D eigenvalue weighted by molar-refractivity contribution is -0.384. The Labute approximate surface area is 171 Å². The first-order valence-electron chi connectivity index (χ1n) is 9.37. The highest BCUT2D eigenvalue weighted by Gasteiger charge is 2.34. The quantitative estimate of drug-likeness (QED) is 0.572. The van der Waals surface area contributed by atoms with Crippen molar-refractivity contribution in [3.05, 3.63) is 69.8 Å². The van der Waals surface area contributed by atoms with Crippen molar-refractivity contribution < 1.29 is 22.9 Å². The molecule has 0 unspecified atom stereocenters. The maximum atomic E-state index is 12.9. The topological polar surface area (TPSA) is 78.7 Å². The summed E-state index contributed by atoms with van der Waals surface area (Å²) in [6.07, 6.45) is -4.64. The molecule has 0 spiro atoms. The molecule has 1 heterocycles. The van der Waals surface area contributed by atoms with Crippen LogP contribution in [0.4, 0.5) is 24.5 Å². The second-order valence-corrected chi connectivity index (χ2v) is 6.98. The molecule has 1 aliphatic heterocycles. The maximum absolute atomic E-state index is 12.9. The van der Waals surface area contributed by atoms with Gasteiger partial charge in [0.15, 0.2) is 0 Å². The van der Waals surface area contributed by atoms with Crippen molar-refractivity contribution in [2.24, 2.45) is 0 Å². The molecule has 1 amide bonds. The third kappa shape index (κ3) is 5.47. The van der Waals surface area contributed by atoms with Crippen LogP contribution in [0.2, 0.25) is 0 Å². The molecule has 7 nitrogen and oxygen atoms in total. The summed E-state index contributed by atoms with van der Waals surface area (Å²) in [7, 11) is 0. The molecule has 2 aromatic carbocycles. The average Bonchev–Trinajstić information content (AvgIpc) is 2.72. The van der Waals surface area contributed by atoms with Crippen LogP contribution in [0.25, 0.3) is 0 Å². The first-order valence-corrected chi connectivity index (χ1v) is 9.37. The largest absolute Gasteiger partial charge is 0.416 e. The summed E-state index contributed by atoms with van der Waals surface area (Å²) < 4.78 is 38.6. The van der Waals surface area contributed by atoms with Crippen molar-refractivity contribution >= 4 is 17.3 Å². The zero-order valence-corrected chi connectivity index (χ0v) is 16.1. The van der Waals surface area contributed by atoms with Crippen molar-refractivity contribution in [1.82, 2.24) is 10.2 Å². The average molecular weight is 422 g/mol. The molecule has 1 aliphatic rings. The normalized spacial score (nSPS) is 15.1. The number of carbonyl (C=O) groups excluding carboxylic acids is 1. The van der Waals surface area contributed by atoms with Crippen molar-refractivity contribution in [3.8, 4) is 0 Å². The maximum Gasteiger partial charge on any atom is 0.416 e. The molecule has 0 aliphatic carbocycles. The molecule has 0 bridgehead atoms. The van der Waals surface area contributed by atoms with E-state index in [2.05, 4.69) is 5.32 Å². The van der Waals surface area contributed by atoms with Gasteiger partial charge in [-0.05, 0) is 17.7 Å². The molecular formula is C20H21F3N4O3. The minimum absolute atomic E-state index is 0.132. The third-order valence-electron chi connectivity index (χ3n) is 4.91. The number of halogens is 3. The Morgan fingerprint density at radius 2 is 1.73 bits per heavy atom. The van der Waals surface area contributed by atoms with Crippen LogP contribution in [-0.4, -0.2) is 48.5 Å². The summed E-state index contributed by atoms with van der Waals surface area (Å²) in [5, 5.41) is 14.1. The monoisotopic (exact) mass is 422 g/mol. The van der Waals surface area contributed by atoms with Gasteiger partial charge in [0, 0.05) is 38.8 Å². The van der Waals surface area contributed by atoms with Gasteiger partial charge < -0.3 is 10.2 Å². The second kappa shape index (κ2) is 9.12. The predicted octanol–water partition coefficient (Wildman–Crippen LogP) is 3.05. The lowest BCUT2D eigenvalue weighted by Crippen LogP contribution is -2.49. The van der Waals surface area contributed by atoms with Crippen LogP contribution >= 0.6 is 0 Å². The van der Waals surface area contributed by atoms with Crippen LogP contribution < -0.4 is 10.2 Å². The first-order chi connectivity index (χ1) is 14.2. The minimum Gasteiger partial charge on any atom is -0.363 e. The summed E-state index contributed by atoms with van der Waals surface area (Å²) in [6, 6.07) is 12.1. The van der Waals surface area contributed by atoms with Gasteiger partial charge in [-0.2, -0.15) is 13.2 Å². The molecule has 160 valence electrons. The van der Waals surface area contributed by atoms with Gasteiger partial charge in [0.2, 0.25) is 5.91 Å². The van der Waals surface area contributed by atoms with Crippen LogP contribution in [-0.2, 0) is 17.5 Å². The number of nitrogens with zero attached hydrogens (tertiary/aromatic N) is 3. The molecule has 3 rings (SSSR count). The molecule has 30 heavy (non-hydrogen) atoms. The van der Waals surface area contributed by atoms with Crippen LogP contribution in [0, 0.1) is 10.1 Å². The Balaban J connectivity index is 1.56. The Morgan fingerprint density at radius 3 is 2.33 bits per heavy atom. The van der Waals surface area contributed by atoms with Gasteiger partial charge in [0.05, 0.1) is 17.0 Å². The molecule has 10 heteroatoms. The summed E-state index contributed by atoms with van der Waals surface area (Å²) >= 11 is 0. The van der Waals surface area contributed by atoms with Gasteiger partial charge in [-0.25, -0.2) is 0 Å². The Bertz CT molecular complexity index is 898. The van der Waals surface area contributed by atoms with Crippen molar-refractivity contribution in [2.75, 3.05) is 37.6 Å². The number of amides is 1. The van der Waals surface area contributed by atoms with Crippen LogP contribution in [0.15, 0.2) is 48.5 Å². The van der Waals surface area contributed by atoms with Crippen LogP contribution in [0.3, 0.4) is 0 Å². The third-order valence-corrected chi connectivity index (χ3v) is 4.91. The summed E-state index contributed by atoms with van der Waals surface area (Å²) in [4.78, 5) is 26.2. The van der Waals surface area contributed by atoms with Crippen molar-refractivity contribution in [2.45, 2.75) is 12.7 Å². The molecule has 1 fully saturated rings. The number of alkyl halides is 3. The van der Waals surface area contributed by atoms with Crippen molar-refractivity contribution in [1.29, 1.82) is 0 Å². The number of carbonyl (C=O) groups is 1. The predicted molar refractivity (Wildman–Crippen MR) is 105 cm³/mol. The Morgan fingerprint density at radius 1 is 1.07 bits per heavy atom.